The molecule has 0 fully saturated rings. The highest BCUT2D eigenvalue weighted by molar-refractivity contribution is 8.11. The van der Waals surface area contributed by atoms with E-state index in [0.717, 1.165) is 5.75 Å². The zero-order valence-corrected chi connectivity index (χ0v) is 6.66. The highest BCUT2D eigenvalue weighted by Crippen LogP contribution is 2.26. The van der Waals surface area contributed by atoms with Crippen molar-refractivity contribution in [3.05, 3.63) is 0 Å². The predicted molar refractivity (Wildman–Crippen MR) is 39.8 cm³/mol. The Morgan fingerprint density at radius 1 is 1.57 bits per heavy atom. The van der Waals surface area contributed by atoms with E-state index in [-0.39, 0.29) is 4.08 Å². The van der Waals surface area contributed by atoms with Crippen molar-refractivity contribution in [1.29, 1.82) is 0 Å². The summed E-state index contributed by atoms with van der Waals surface area (Å²) in [5, 5.41) is 0. The monoisotopic (exact) mass is 135 g/mol. The van der Waals surface area contributed by atoms with Gasteiger partial charge in [0, 0.05) is 0 Å². The molecule has 7 heavy (non-hydrogen) atoms. The van der Waals surface area contributed by atoms with Gasteiger partial charge in [0.25, 0.3) is 0 Å². The fourth-order valence-corrected chi connectivity index (χ4v) is 1.40. The average Bonchev–Trinajstić information content (AvgIpc) is 1.30. The van der Waals surface area contributed by atoms with E-state index in [9.17, 15) is 0 Å². The zero-order chi connectivity index (χ0) is 5.91. The Labute approximate surface area is 55.5 Å². The lowest BCUT2D eigenvalue weighted by Gasteiger charge is -2.12. The molecule has 0 saturated carbocycles. The van der Waals surface area contributed by atoms with Gasteiger partial charge in [0.05, 0.1) is 4.08 Å². The molecule has 0 heterocycles. The minimum Gasteiger partial charge on any atom is -0.144 e. The van der Waals surface area contributed by atoms with Crippen LogP contribution in [0.5, 0.6) is 0 Å². The normalized spacial score (nSPS) is 12.0. The number of thioether (sulfide) groups is 1. The summed E-state index contributed by atoms with van der Waals surface area (Å²) in [5.41, 5.74) is 0. The predicted octanol–water partition coefficient (Wildman–Crippen LogP) is 2.67. The van der Waals surface area contributed by atoms with E-state index >= 15 is 0 Å². The number of hydrogen-bond donors (Lipinski definition) is 0. The molecule has 43 valence electrons. The molecule has 0 N–H and O–H groups in total. The van der Waals surface area contributed by atoms with Crippen molar-refractivity contribution in [3.63, 3.8) is 0 Å². The molecule has 0 aliphatic heterocycles. The molecule has 0 saturated heterocycles. The first-order chi connectivity index (χ1) is 3.06. The van der Waals surface area contributed by atoms with Crippen LogP contribution in [0.4, 0.5) is 0 Å². The third-order valence-electron chi connectivity index (χ3n) is 0.492. The van der Waals surface area contributed by atoms with Gasteiger partial charge in [-0.05, 0) is 19.6 Å². The van der Waals surface area contributed by atoms with Crippen LogP contribution in [0.1, 0.15) is 20.8 Å². The van der Waals surface area contributed by atoms with Crippen LogP contribution in [-0.2, 0) is 0 Å². The third kappa shape index (κ3) is 6.70. The maximum atomic E-state index is 5.05. The molecule has 0 aromatic heterocycles. The topological polar surface area (TPSA) is 0 Å². The molecular formula is C5H11S2. The van der Waals surface area contributed by atoms with Crippen molar-refractivity contribution in [2.24, 2.45) is 0 Å². The second-order valence-electron chi connectivity index (χ2n) is 1.83. The maximum Gasteiger partial charge on any atom is 0.0658 e. The fraction of sp³-hybridized carbons (Fsp3) is 1.00. The smallest absolute Gasteiger partial charge is 0.0658 e. The second kappa shape index (κ2) is 2.88. The maximum absolute atomic E-state index is 5.05. The molecule has 0 atom stereocenters. The summed E-state index contributed by atoms with van der Waals surface area (Å²) in [7, 11) is 0. The number of hydrogen-bond acceptors (Lipinski definition) is 1. The van der Waals surface area contributed by atoms with Gasteiger partial charge in [-0.25, -0.2) is 0 Å². The Bertz CT molecular complexity index is 44.5. The lowest BCUT2D eigenvalue weighted by molar-refractivity contribution is 1.04. The molecule has 0 aromatic rings. The summed E-state index contributed by atoms with van der Waals surface area (Å²) in [6, 6.07) is 0. The minimum absolute atomic E-state index is 0.0503. The summed E-state index contributed by atoms with van der Waals surface area (Å²) in [6.45, 7) is 6.23. The van der Waals surface area contributed by atoms with Gasteiger partial charge in [-0.2, -0.15) is 0 Å². The number of rotatable bonds is 2. The molecule has 0 spiro atoms. The van der Waals surface area contributed by atoms with Crippen molar-refractivity contribution in [2.45, 2.75) is 24.9 Å². The molecule has 1 radical (unpaired) electrons. The Kier molecular flexibility index (Phi) is 3.16. The van der Waals surface area contributed by atoms with Crippen LogP contribution in [0.25, 0.3) is 0 Å². The largest absolute Gasteiger partial charge is 0.144 e. The van der Waals surface area contributed by atoms with Crippen molar-refractivity contribution >= 4 is 24.4 Å². The molecule has 0 aromatic carbocycles. The summed E-state index contributed by atoms with van der Waals surface area (Å²) >= 11 is 6.85. The standard InChI is InChI=1S/C5H11S2/c1-4-7-5(2,3)6/h4H2,1-3H3. The van der Waals surface area contributed by atoms with Gasteiger partial charge in [0.2, 0.25) is 0 Å². The lowest BCUT2D eigenvalue weighted by Crippen LogP contribution is -2.02. The van der Waals surface area contributed by atoms with Gasteiger partial charge < -0.3 is 0 Å². The van der Waals surface area contributed by atoms with Crippen LogP contribution in [-0.4, -0.2) is 9.83 Å². The van der Waals surface area contributed by atoms with Crippen molar-refractivity contribution in [1.82, 2.24) is 0 Å². The second-order valence-corrected chi connectivity index (χ2v) is 5.00. The van der Waals surface area contributed by atoms with Gasteiger partial charge >= 0.3 is 0 Å². The van der Waals surface area contributed by atoms with Crippen LogP contribution in [0.3, 0.4) is 0 Å². The average molecular weight is 135 g/mol. The first-order valence-corrected chi connectivity index (χ1v) is 3.80. The molecule has 0 rings (SSSR count). The molecule has 0 amide bonds. The summed E-state index contributed by atoms with van der Waals surface area (Å²) in [4.78, 5) is 0. The first kappa shape index (κ1) is 7.70. The third-order valence-corrected chi connectivity index (χ3v) is 1.83. The van der Waals surface area contributed by atoms with Crippen LogP contribution < -0.4 is 0 Å². The Morgan fingerprint density at radius 3 is 2.00 bits per heavy atom. The Hall–Kier alpha value is 0.700. The van der Waals surface area contributed by atoms with E-state index in [0.29, 0.717) is 0 Å². The highest BCUT2D eigenvalue weighted by atomic mass is 32.2. The molecular weight excluding hydrogens is 124 g/mol. The van der Waals surface area contributed by atoms with Gasteiger partial charge in [-0.3, -0.25) is 0 Å². The molecule has 0 aliphatic rings. The molecule has 0 unspecified atom stereocenters. The summed E-state index contributed by atoms with van der Waals surface area (Å²) in [5.74, 6) is 1.12. The van der Waals surface area contributed by atoms with Gasteiger partial charge in [0.15, 0.2) is 0 Å². The minimum atomic E-state index is 0.0503. The van der Waals surface area contributed by atoms with Gasteiger partial charge in [0.1, 0.15) is 0 Å². The van der Waals surface area contributed by atoms with E-state index < -0.39 is 0 Å². The lowest BCUT2D eigenvalue weighted by atomic mass is 10.5. The van der Waals surface area contributed by atoms with Gasteiger partial charge in [-0.15, -0.1) is 11.8 Å². The fourth-order valence-electron chi connectivity index (χ4n) is 0.348. The van der Waals surface area contributed by atoms with E-state index in [2.05, 4.69) is 20.8 Å². The Morgan fingerprint density at radius 2 is 2.00 bits per heavy atom. The van der Waals surface area contributed by atoms with E-state index in [1.807, 2.05) is 0 Å². The quantitative estimate of drug-likeness (QED) is 0.561. The van der Waals surface area contributed by atoms with Crippen LogP contribution in [0.15, 0.2) is 0 Å². The van der Waals surface area contributed by atoms with Crippen LogP contribution in [0.2, 0.25) is 0 Å². The molecule has 2 heteroatoms. The SMILES string of the molecule is CCSC(C)(C)[S]. The molecule has 0 nitrogen and oxygen atoms in total. The van der Waals surface area contributed by atoms with Crippen LogP contribution >= 0.6 is 24.4 Å². The molecule has 0 bridgehead atoms. The highest BCUT2D eigenvalue weighted by Gasteiger charge is 2.09. The zero-order valence-electron chi connectivity index (χ0n) is 5.02. The Balaban J connectivity index is 3.15. The van der Waals surface area contributed by atoms with E-state index in [1.165, 1.54) is 0 Å². The van der Waals surface area contributed by atoms with E-state index in [1.54, 1.807) is 11.8 Å². The summed E-state index contributed by atoms with van der Waals surface area (Å²) < 4.78 is 0.0503. The summed E-state index contributed by atoms with van der Waals surface area (Å²) in [6.07, 6.45) is 0. The van der Waals surface area contributed by atoms with E-state index in [4.69, 9.17) is 12.6 Å². The van der Waals surface area contributed by atoms with Crippen molar-refractivity contribution in [3.8, 4) is 0 Å². The van der Waals surface area contributed by atoms with Crippen molar-refractivity contribution in [2.75, 3.05) is 5.75 Å². The van der Waals surface area contributed by atoms with Crippen molar-refractivity contribution < 1.29 is 0 Å². The first-order valence-electron chi connectivity index (χ1n) is 2.40. The van der Waals surface area contributed by atoms with Crippen LogP contribution in [0, 0.1) is 0 Å². The molecule has 0 aliphatic carbocycles. The van der Waals surface area contributed by atoms with Gasteiger partial charge in [-0.1, -0.05) is 19.6 Å².